The smallest absolute Gasteiger partial charge is 0.121 e. The van der Waals surface area contributed by atoms with E-state index in [0.29, 0.717) is 5.92 Å². The molecule has 0 fully saturated rings. The van der Waals surface area contributed by atoms with Gasteiger partial charge in [0.05, 0.1) is 15.1 Å². The summed E-state index contributed by atoms with van der Waals surface area (Å²) in [6.07, 6.45) is 1.87. The van der Waals surface area contributed by atoms with E-state index in [1.54, 1.807) is 11.3 Å². The van der Waals surface area contributed by atoms with Crippen LogP contribution in [0.25, 0.3) is 0 Å². The summed E-state index contributed by atoms with van der Waals surface area (Å²) in [6.45, 7) is 11.1. The molecular formula is C18H24N4S4. The quantitative estimate of drug-likeness (QED) is 0.685. The summed E-state index contributed by atoms with van der Waals surface area (Å²) in [4.78, 5) is 19.8. The Morgan fingerprint density at radius 3 is 2.00 bits per heavy atom. The van der Waals surface area contributed by atoms with Crippen LogP contribution in [-0.4, -0.2) is 48.5 Å². The Kier molecular flexibility index (Phi) is 4.86. The second-order valence-corrected chi connectivity index (χ2v) is 11.8. The summed E-state index contributed by atoms with van der Waals surface area (Å²) >= 11 is 7.29. The molecule has 3 atom stereocenters. The molecule has 8 heteroatoms. The number of rotatable bonds is 4. The first kappa shape index (κ1) is 19.0. The number of hydrogen-bond donors (Lipinski definition) is 0. The van der Waals surface area contributed by atoms with Gasteiger partial charge in [0.15, 0.2) is 0 Å². The van der Waals surface area contributed by atoms with Crippen molar-refractivity contribution in [2.45, 2.75) is 51.2 Å². The molecule has 4 nitrogen and oxygen atoms in total. The lowest BCUT2D eigenvalue weighted by Crippen LogP contribution is -2.33. The van der Waals surface area contributed by atoms with E-state index in [1.807, 2.05) is 46.9 Å². The van der Waals surface area contributed by atoms with Gasteiger partial charge in [-0.3, -0.25) is 15.0 Å². The summed E-state index contributed by atoms with van der Waals surface area (Å²) in [5.74, 6) is 3.39. The van der Waals surface area contributed by atoms with Crippen LogP contribution in [0.1, 0.15) is 39.6 Å². The fourth-order valence-electron chi connectivity index (χ4n) is 3.18. The Morgan fingerprint density at radius 1 is 0.846 bits per heavy atom. The Hall–Kier alpha value is -0.310. The molecule has 0 unspecified atom stereocenters. The van der Waals surface area contributed by atoms with Crippen molar-refractivity contribution in [1.29, 1.82) is 0 Å². The predicted molar refractivity (Wildman–Crippen MR) is 121 cm³/mol. The molecule has 0 aromatic carbocycles. The van der Waals surface area contributed by atoms with Gasteiger partial charge in [-0.05, 0) is 20.8 Å². The van der Waals surface area contributed by atoms with Crippen LogP contribution in [-0.2, 0) is 5.54 Å². The van der Waals surface area contributed by atoms with Crippen molar-refractivity contribution < 1.29 is 0 Å². The van der Waals surface area contributed by atoms with Crippen LogP contribution in [0.5, 0.6) is 0 Å². The van der Waals surface area contributed by atoms with E-state index in [2.05, 4.69) is 39.6 Å². The zero-order chi connectivity index (χ0) is 18.6. The van der Waals surface area contributed by atoms with Gasteiger partial charge in [0.25, 0.3) is 0 Å². The molecule has 0 bridgehead atoms. The maximum absolute atomic E-state index is 5.19. The molecule has 0 saturated carbocycles. The standard InChI is InChI=1S/C18H24N4S4/c1-11(2)12-20-17(4,8-24-12)14-22-18(5,10-26-14)15-21-16(3,9-25-15)13-19-6-7-23-13/h6-7,11H,8-10H2,1-5H3/t16-,17+,18+/m0/s1. The summed E-state index contributed by atoms with van der Waals surface area (Å²) in [5, 5.41) is 6.72. The molecule has 3 aliphatic heterocycles. The summed E-state index contributed by atoms with van der Waals surface area (Å²) in [7, 11) is 0. The van der Waals surface area contributed by atoms with Gasteiger partial charge in [0.2, 0.25) is 0 Å². The molecule has 140 valence electrons. The fraction of sp³-hybridized carbons (Fsp3) is 0.667. The number of aromatic nitrogens is 1. The van der Waals surface area contributed by atoms with Gasteiger partial charge in [0, 0.05) is 34.8 Å². The van der Waals surface area contributed by atoms with Gasteiger partial charge in [-0.2, -0.15) is 0 Å². The second kappa shape index (κ2) is 6.64. The summed E-state index contributed by atoms with van der Waals surface area (Å²) in [6, 6.07) is 0. The molecule has 4 rings (SSSR count). The maximum Gasteiger partial charge on any atom is 0.121 e. The zero-order valence-electron chi connectivity index (χ0n) is 15.8. The summed E-state index contributed by atoms with van der Waals surface area (Å²) < 4.78 is 0. The highest BCUT2D eigenvalue weighted by atomic mass is 32.2. The highest BCUT2D eigenvalue weighted by Crippen LogP contribution is 2.46. The third-order valence-electron chi connectivity index (χ3n) is 4.84. The highest BCUT2D eigenvalue weighted by Gasteiger charge is 2.48. The monoisotopic (exact) mass is 424 g/mol. The topological polar surface area (TPSA) is 50.0 Å². The Morgan fingerprint density at radius 2 is 1.42 bits per heavy atom. The maximum atomic E-state index is 5.19. The molecule has 0 spiro atoms. The lowest BCUT2D eigenvalue weighted by atomic mass is 10.0. The van der Waals surface area contributed by atoms with Crippen molar-refractivity contribution in [2.75, 3.05) is 17.3 Å². The number of nitrogens with zero attached hydrogens (tertiary/aromatic N) is 4. The first-order valence-electron chi connectivity index (χ1n) is 8.83. The average Bonchev–Trinajstić information content (AvgIpc) is 3.33. The van der Waals surface area contributed by atoms with Crippen LogP contribution in [0.15, 0.2) is 26.6 Å². The molecule has 26 heavy (non-hydrogen) atoms. The van der Waals surface area contributed by atoms with E-state index in [1.165, 1.54) is 10.1 Å². The minimum absolute atomic E-state index is 0.171. The summed E-state index contributed by atoms with van der Waals surface area (Å²) in [5.41, 5.74) is -0.616. The Labute approximate surface area is 172 Å². The first-order chi connectivity index (χ1) is 12.2. The van der Waals surface area contributed by atoms with E-state index in [9.17, 15) is 0 Å². The third kappa shape index (κ3) is 3.20. The molecule has 0 aliphatic carbocycles. The fourth-order valence-corrected chi connectivity index (χ4v) is 8.06. The number of thioether (sulfide) groups is 3. The average molecular weight is 425 g/mol. The lowest BCUT2D eigenvalue weighted by Gasteiger charge is -2.21. The van der Waals surface area contributed by atoms with Crippen molar-refractivity contribution in [2.24, 2.45) is 20.9 Å². The van der Waals surface area contributed by atoms with Crippen LogP contribution < -0.4 is 0 Å². The minimum Gasteiger partial charge on any atom is -0.268 e. The molecule has 1 aromatic heterocycles. The SMILES string of the molecule is CC(C)C1=N[C@@](C)(C2=N[C@@](C)(C3=N[C@](C)(c4nccs4)CS3)CS2)CS1. The lowest BCUT2D eigenvalue weighted by molar-refractivity contribution is 0.568. The van der Waals surface area contributed by atoms with E-state index in [4.69, 9.17) is 15.0 Å². The van der Waals surface area contributed by atoms with Gasteiger partial charge in [-0.1, -0.05) is 13.8 Å². The Bertz CT molecular complexity index is 800. The van der Waals surface area contributed by atoms with E-state index in [-0.39, 0.29) is 16.6 Å². The molecule has 0 N–H and O–H groups in total. The van der Waals surface area contributed by atoms with Crippen LogP contribution in [0.3, 0.4) is 0 Å². The van der Waals surface area contributed by atoms with Crippen LogP contribution in [0.2, 0.25) is 0 Å². The number of thiazole rings is 1. The van der Waals surface area contributed by atoms with Crippen molar-refractivity contribution in [3.63, 3.8) is 0 Å². The van der Waals surface area contributed by atoms with Crippen LogP contribution in [0.4, 0.5) is 0 Å². The van der Waals surface area contributed by atoms with Gasteiger partial charge < -0.3 is 0 Å². The first-order valence-corrected chi connectivity index (χ1v) is 12.7. The number of hydrogen-bond acceptors (Lipinski definition) is 8. The molecule has 0 amide bonds. The zero-order valence-corrected chi connectivity index (χ0v) is 19.0. The van der Waals surface area contributed by atoms with Gasteiger partial charge in [0.1, 0.15) is 21.6 Å². The van der Waals surface area contributed by atoms with E-state index < -0.39 is 0 Å². The predicted octanol–water partition coefficient (Wildman–Crippen LogP) is 4.97. The van der Waals surface area contributed by atoms with Crippen LogP contribution in [0, 0.1) is 5.92 Å². The van der Waals surface area contributed by atoms with Gasteiger partial charge in [-0.15, -0.1) is 46.6 Å². The normalized spacial score (nSPS) is 37.2. The minimum atomic E-state index is -0.233. The largest absolute Gasteiger partial charge is 0.268 e. The van der Waals surface area contributed by atoms with Crippen molar-refractivity contribution >= 4 is 61.8 Å². The van der Waals surface area contributed by atoms with E-state index >= 15 is 0 Å². The van der Waals surface area contributed by atoms with Crippen LogP contribution >= 0.6 is 46.6 Å². The van der Waals surface area contributed by atoms with Crippen molar-refractivity contribution in [1.82, 2.24) is 4.98 Å². The highest BCUT2D eigenvalue weighted by molar-refractivity contribution is 8.17. The molecule has 0 radical (unpaired) electrons. The molecule has 0 saturated heterocycles. The van der Waals surface area contributed by atoms with Crippen molar-refractivity contribution in [3.8, 4) is 0 Å². The van der Waals surface area contributed by atoms with E-state index in [0.717, 1.165) is 27.3 Å². The molecule has 1 aromatic rings. The molecule has 4 heterocycles. The molecule has 3 aliphatic rings. The number of aliphatic imine (C=N–C) groups is 3. The second-order valence-electron chi connectivity index (χ2n) is 7.96. The van der Waals surface area contributed by atoms with Crippen molar-refractivity contribution in [3.05, 3.63) is 16.6 Å². The Balaban J connectivity index is 1.61. The third-order valence-corrected chi connectivity index (χ3v) is 10.5. The van der Waals surface area contributed by atoms with Gasteiger partial charge >= 0.3 is 0 Å². The van der Waals surface area contributed by atoms with Gasteiger partial charge in [-0.25, -0.2) is 4.98 Å². The molecular weight excluding hydrogens is 400 g/mol.